The van der Waals surface area contributed by atoms with E-state index in [0.717, 1.165) is 28.2 Å². The summed E-state index contributed by atoms with van der Waals surface area (Å²) in [6.07, 6.45) is 10.1. The number of nitrogens with zero attached hydrogens (tertiary/aromatic N) is 4. The highest BCUT2D eigenvalue weighted by atomic mass is 15.4. The van der Waals surface area contributed by atoms with Gasteiger partial charge in [-0.15, -0.1) is 5.10 Å². The molecule has 1 N–H and O–H groups in total. The molecule has 0 radical (unpaired) electrons. The van der Waals surface area contributed by atoms with E-state index < -0.39 is 0 Å². The normalized spacial score (nSPS) is 23.6. The van der Waals surface area contributed by atoms with E-state index in [1.807, 2.05) is 10.7 Å². The van der Waals surface area contributed by atoms with Crippen molar-refractivity contribution in [1.82, 2.24) is 24.8 Å². The minimum Gasteiger partial charge on any atom is -0.346 e. The maximum absolute atomic E-state index is 4.46. The Morgan fingerprint density at radius 3 is 2.95 bits per heavy atom. The van der Waals surface area contributed by atoms with E-state index in [9.17, 15) is 0 Å². The fourth-order valence-electron chi connectivity index (χ4n) is 3.54. The van der Waals surface area contributed by atoms with E-state index in [-0.39, 0.29) is 0 Å². The van der Waals surface area contributed by atoms with E-state index >= 15 is 0 Å². The first kappa shape index (κ1) is 11.9. The molecule has 3 aromatic heterocycles. The van der Waals surface area contributed by atoms with Gasteiger partial charge in [-0.05, 0) is 37.7 Å². The SMILES string of the molecule is CCC1CCC(c2nnn3cnc4[nH]ccc4c23)CC1. The van der Waals surface area contributed by atoms with Crippen molar-refractivity contribution in [3.05, 3.63) is 24.3 Å². The number of hydrogen-bond donors (Lipinski definition) is 1. The molecule has 1 fully saturated rings. The van der Waals surface area contributed by atoms with Crippen LogP contribution < -0.4 is 0 Å². The second-order valence-electron chi connectivity index (χ2n) is 5.88. The van der Waals surface area contributed by atoms with Crippen LogP contribution in [0, 0.1) is 5.92 Å². The zero-order valence-corrected chi connectivity index (χ0v) is 11.7. The molecule has 5 heteroatoms. The summed E-state index contributed by atoms with van der Waals surface area (Å²) in [5, 5.41) is 9.84. The van der Waals surface area contributed by atoms with Gasteiger partial charge in [-0.2, -0.15) is 0 Å². The summed E-state index contributed by atoms with van der Waals surface area (Å²) >= 11 is 0. The molecule has 0 aromatic carbocycles. The van der Waals surface area contributed by atoms with Crippen LogP contribution in [0.25, 0.3) is 16.6 Å². The number of rotatable bonds is 2. The van der Waals surface area contributed by atoms with Crippen LogP contribution in [-0.4, -0.2) is 24.8 Å². The standard InChI is InChI=1S/C15H19N5/c1-2-10-3-5-11(6-4-10)13-14-12-7-8-16-15(12)17-9-20(14)19-18-13/h7-11,16H,2-6H2,1H3. The molecule has 0 unspecified atom stereocenters. The zero-order chi connectivity index (χ0) is 13.5. The Balaban J connectivity index is 1.78. The summed E-state index contributed by atoms with van der Waals surface area (Å²) in [7, 11) is 0. The van der Waals surface area contributed by atoms with E-state index in [1.165, 1.54) is 32.1 Å². The lowest BCUT2D eigenvalue weighted by molar-refractivity contribution is 0.316. The van der Waals surface area contributed by atoms with E-state index in [4.69, 9.17) is 0 Å². The Morgan fingerprint density at radius 2 is 2.15 bits per heavy atom. The van der Waals surface area contributed by atoms with Gasteiger partial charge in [0.25, 0.3) is 0 Å². The van der Waals surface area contributed by atoms with Crippen molar-refractivity contribution >= 4 is 16.6 Å². The molecule has 5 nitrogen and oxygen atoms in total. The van der Waals surface area contributed by atoms with Gasteiger partial charge < -0.3 is 4.98 Å². The second-order valence-corrected chi connectivity index (χ2v) is 5.88. The smallest absolute Gasteiger partial charge is 0.141 e. The number of aromatic nitrogens is 5. The highest BCUT2D eigenvalue weighted by Crippen LogP contribution is 2.38. The fourth-order valence-corrected chi connectivity index (χ4v) is 3.54. The van der Waals surface area contributed by atoms with Crippen LogP contribution in [0.5, 0.6) is 0 Å². The Labute approximate surface area is 117 Å². The molecule has 20 heavy (non-hydrogen) atoms. The largest absolute Gasteiger partial charge is 0.346 e. The lowest BCUT2D eigenvalue weighted by Crippen LogP contribution is -2.13. The molecule has 3 heterocycles. The minimum atomic E-state index is 0.552. The monoisotopic (exact) mass is 269 g/mol. The van der Waals surface area contributed by atoms with Gasteiger partial charge >= 0.3 is 0 Å². The maximum Gasteiger partial charge on any atom is 0.141 e. The molecule has 1 saturated carbocycles. The van der Waals surface area contributed by atoms with Crippen LogP contribution in [0.3, 0.4) is 0 Å². The summed E-state index contributed by atoms with van der Waals surface area (Å²) in [5.41, 5.74) is 3.21. The summed E-state index contributed by atoms with van der Waals surface area (Å²) < 4.78 is 1.82. The average molecular weight is 269 g/mol. The highest BCUT2D eigenvalue weighted by Gasteiger charge is 2.26. The quantitative estimate of drug-likeness (QED) is 0.776. The lowest BCUT2D eigenvalue weighted by Gasteiger charge is -2.26. The molecule has 0 amide bonds. The Hall–Kier alpha value is -1.91. The van der Waals surface area contributed by atoms with Gasteiger partial charge in [0, 0.05) is 17.5 Å². The Bertz CT molecular complexity index is 733. The number of aromatic amines is 1. The van der Waals surface area contributed by atoms with Gasteiger partial charge in [0.2, 0.25) is 0 Å². The van der Waals surface area contributed by atoms with Gasteiger partial charge in [-0.25, -0.2) is 9.50 Å². The lowest BCUT2D eigenvalue weighted by atomic mass is 9.79. The van der Waals surface area contributed by atoms with Gasteiger partial charge in [-0.1, -0.05) is 18.6 Å². The van der Waals surface area contributed by atoms with E-state index in [0.29, 0.717) is 5.92 Å². The van der Waals surface area contributed by atoms with E-state index in [1.54, 1.807) is 6.33 Å². The zero-order valence-electron chi connectivity index (χ0n) is 11.7. The molecule has 3 aromatic rings. The molecule has 0 bridgehead atoms. The van der Waals surface area contributed by atoms with Crippen LogP contribution in [0.4, 0.5) is 0 Å². The van der Waals surface area contributed by atoms with Crippen LogP contribution in [0.15, 0.2) is 18.6 Å². The minimum absolute atomic E-state index is 0.552. The Kier molecular flexibility index (Phi) is 2.72. The molecule has 0 saturated heterocycles. The van der Waals surface area contributed by atoms with Gasteiger partial charge in [0.05, 0.1) is 5.69 Å². The van der Waals surface area contributed by atoms with Crippen molar-refractivity contribution in [2.24, 2.45) is 5.92 Å². The third kappa shape index (κ3) is 1.72. The second kappa shape index (κ2) is 4.58. The summed E-state index contributed by atoms with van der Waals surface area (Å²) in [4.78, 5) is 7.53. The van der Waals surface area contributed by atoms with Crippen LogP contribution in [-0.2, 0) is 0 Å². The summed E-state index contributed by atoms with van der Waals surface area (Å²) in [5.74, 6) is 1.46. The first-order valence-electron chi connectivity index (χ1n) is 7.53. The summed E-state index contributed by atoms with van der Waals surface area (Å²) in [6.45, 7) is 2.30. The van der Waals surface area contributed by atoms with Crippen LogP contribution in [0.2, 0.25) is 0 Å². The molecule has 104 valence electrons. The molecule has 1 aliphatic carbocycles. The average Bonchev–Trinajstić information content (AvgIpc) is 3.13. The molecule has 0 aliphatic heterocycles. The molecule has 1 aliphatic rings. The molecular weight excluding hydrogens is 250 g/mol. The van der Waals surface area contributed by atoms with Crippen molar-refractivity contribution in [2.75, 3.05) is 0 Å². The van der Waals surface area contributed by atoms with Crippen molar-refractivity contribution in [3.63, 3.8) is 0 Å². The predicted molar refractivity (Wildman–Crippen MR) is 77.6 cm³/mol. The molecule has 0 spiro atoms. The van der Waals surface area contributed by atoms with Gasteiger partial charge in [-0.3, -0.25) is 0 Å². The number of nitrogens with one attached hydrogen (secondary N) is 1. The van der Waals surface area contributed by atoms with Crippen molar-refractivity contribution in [1.29, 1.82) is 0 Å². The van der Waals surface area contributed by atoms with E-state index in [2.05, 4.69) is 33.3 Å². The first-order valence-corrected chi connectivity index (χ1v) is 7.53. The molecular formula is C15H19N5. The van der Waals surface area contributed by atoms with Crippen molar-refractivity contribution < 1.29 is 0 Å². The van der Waals surface area contributed by atoms with Gasteiger partial charge in [0.1, 0.15) is 17.5 Å². The third-order valence-corrected chi connectivity index (χ3v) is 4.81. The first-order chi connectivity index (χ1) is 9.86. The van der Waals surface area contributed by atoms with Crippen molar-refractivity contribution in [3.8, 4) is 0 Å². The molecule has 4 rings (SSSR count). The van der Waals surface area contributed by atoms with Crippen molar-refractivity contribution in [2.45, 2.75) is 44.9 Å². The maximum atomic E-state index is 4.46. The summed E-state index contributed by atoms with van der Waals surface area (Å²) in [6, 6.07) is 2.07. The number of H-pyrrole nitrogens is 1. The predicted octanol–water partition coefficient (Wildman–Crippen LogP) is 3.29. The van der Waals surface area contributed by atoms with Crippen LogP contribution >= 0.6 is 0 Å². The Morgan fingerprint density at radius 1 is 1.30 bits per heavy atom. The molecule has 0 atom stereocenters. The van der Waals surface area contributed by atoms with Gasteiger partial charge in [0.15, 0.2) is 0 Å². The topological polar surface area (TPSA) is 58.9 Å². The third-order valence-electron chi connectivity index (χ3n) is 4.81. The highest BCUT2D eigenvalue weighted by molar-refractivity contribution is 5.92. The fraction of sp³-hybridized carbons (Fsp3) is 0.533. The van der Waals surface area contributed by atoms with Crippen LogP contribution in [0.1, 0.15) is 50.6 Å². The number of hydrogen-bond acceptors (Lipinski definition) is 3. The number of fused-ring (bicyclic) bond motifs is 3.